The molecular formula is C26H27NO4. The van der Waals surface area contributed by atoms with Gasteiger partial charge in [-0.2, -0.15) is 0 Å². The molecule has 0 saturated carbocycles. The van der Waals surface area contributed by atoms with E-state index in [1.54, 1.807) is 12.1 Å². The van der Waals surface area contributed by atoms with Crippen LogP contribution in [0, 0.1) is 0 Å². The Morgan fingerprint density at radius 2 is 1.77 bits per heavy atom. The maximum Gasteiger partial charge on any atom is 0.251 e. The van der Waals surface area contributed by atoms with Crippen molar-refractivity contribution in [3.8, 4) is 23.0 Å². The zero-order chi connectivity index (χ0) is 21.5. The first-order chi connectivity index (χ1) is 15.2. The van der Waals surface area contributed by atoms with Gasteiger partial charge in [-0.3, -0.25) is 4.79 Å². The molecule has 0 bridgehead atoms. The van der Waals surface area contributed by atoms with E-state index in [0.717, 1.165) is 47.8 Å². The highest BCUT2D eigenvalue weighted by atomic mass is 16.5. The first-order valence-electron chi connectivity index (χ1n) is 10.7. The lowest BCUT2D eigenvalue weighted by atomic mass is 10.1. The van der Waals surface area contributed by atoms with Gasteiger partial charge in [-0.25, -0.2) is 0 Å². The number of para-hydroxylation sites is 1. The topological polar surface area (TPSA) is 56.8 Å². The van der Waals surface area contributed by atoms with E-state index in [9.17, 15) is 4.79 Å². The van der Waals surface area contributed by atoms with Gasteiger partial charge in [0.15, 0.2) is 0 Å². The van der Waals surface area contributed by atoms with Crippen LogP contribution in [0.15, 0.2) is 72.8 Å². The molecule has 160 valence electrons. The van der Waals surface area contributed by atoms with Crippen LogP contribution in [0.2, 0.25) is 0 Å². The lowest BCUT2D eigenvalue weighted by molar-refractivity contribution is 0.0933. The molecule has 1 aliphatic heterocycles. The molecule has 0 aliphatic carbocycles. The van der Waals surface area contributed by atoms with Crippen molar-refractivity contribution in [1.82, 2.24) is 5.32 Å². The molecule has 5 nitrogen and oxygen atoms in total. The van der Waals surface area contributed by atoms with Crippen molar-refractivity contribution in [1.29, 1.82) is 0 Å². The van der Waals surface area contributed by atoms with Crippen LogP contribution in [0.4, 0.5) is 0 Å². The molecule has 0 spiro atoms. The van der Waals surface area contributed by atoms with E-state index < -0.39 is 0 Å². The highest BCUT2D eigenvalue weighted by Gasteiger charge is 2.24. The normalized spacial score (nSPS) is 14.4. The van der Waals surface area contributed by atoms with E-state index in [1.807, 2.05) is 60.7 Å². The van der Waals surface area contributed by atoms with Crippen molar-refractivity contribution in [2.45, 2.75) is 32.3 Å². The quantitative estimate of drug-likeness (QED) is 0.474. The van der Waals surface area contributed by atoms with Gasteiger partial charge in [0, 0.05) is 17.5 Å². The molecule has 1 aliphatic rings. The van der Waals surface area contributed by atoms with Gasteiger partial charge in [-0.15, -0.1) is 0 Å². The Hall–Kier alpha value is -3.47. The Balaban J connectivity index is 1.27. The van der Waals surface area contributed by atoms with Crippen molar-refractivity contribution >= 4 is 5.91 Å². The number of carbonyl (C=O) groups excluding carboxylic acids is 1. The number of fused-ring (bicyclic) bond motifs is 1. The molecule has 5 heteroatoms. The average Bonchev–Trinajstić information content (AvgIpc) is 3.21. The number of amides is 1. The number of unbranched alkanes of at least 4 members (excludes halogenated alkanes) is 1. The maximum atomic E-state index is 12.5. The summed E-state index contributed by atoms with van der Waals surface area (Å²) in [5, 5.41) is 2.97. The van der Waals surface area contributed by atoms with Crippen LogP contribution in [0.5, 0.6) is 23.0 Å². The summed E-state index contributed by atoms with van der Waals surface area (Å²) in [6, 6.07) is 22.7. The molecule has 1 heterocycles. The summed E-state index contributed by atoms with van der Waals surface area (Å²) >= 11 is 0. The first-order valence-corrected chi connectivity index (χ1v) is 10.7. The molecule has 0 saturated heterocycles. The van der Waals surface area contributed by atoms with Crippen molar-refractivity contribution in [2.24, 2.45) is 0 Å². The van der Waals surface area contributed by atoms with Crippen LogP contribution in [-0.2, 0) is 6.42 Å². The van der Waals surface area contributed by atoms with Crippen LogP contribution in [0.25, 0.3) is 0 Å². The Morgan fingerprint density at radius 1 is 1.00 bits per heavy atom. The highest BCUT2D eigenvalue weighted by Crippen LogP contribution is 2.33. The minimum Gasteiger partial charge on any atom is -0.494 e. The molecule has 1 amide bonds. The van der Waals surface area contributed by atoms with Gasteiger partial charge in [0.2, 0.25) is 0 Å². The lowest BCUT2D eigenvalue weighted by Gasteiger charge is -2.12. The standard InChI is InChI=1S/C26H27NO4/c1-2-3-15-29-21-11-9-19(10-12-21)26(28)27-18-24-17-20-16-23(13-14-25(20)31-24)30-22-7-5-4-6-8-22/h4-14,16,24H,2-3,15,17-18H2,1H3,(H,27,28)/t24-/m1/s1. The number of carbonyl (C=O) groups is 1. The van der Waals surface area contributed by atoms with Gasteiger partial charge in [0.25, 0.3) is 5.91 Å². The van der Waals surface area contributed by atoms with Crippen LogP contribution in [-0.4, -0.2) is 25.2 Å². The van der Waals surface area contributed by atoms with Gasteiger partial charge in [-0.05, 0) is 61.0 Å². The molecule has 0 fully saturated rings. The Morgan fingerprint density at radius 3 is 2.55 bits per heavy atom. The summed E-state index contributed by atoms with van der Waals surface area (Å²) in [6.45, 7) is 3.26. The van der Waals surface area contributed by atoms with Gasteiger partial charge < -0.3 is 19.5 Å². The monoisotopic (exact) mass is 417 g/mol. The third-order valence-electron chi connectivity index (χ3n) is 5.13. The second kappa shape index (κ2) is 10.0. The van der Waals surface area contributed by atoms with Crippen LogP contribution < -0.4 is 19.5 Å². The van der Waals surface area contributed by atoms with Gasteiger partial charge >= 0.3 is 0 Å². The summed E-state index contributed by atoms with van der Waals surface area (Å²) < 4.78 is 17.5. The predicted molar refractivity (Wildman–Crippen MR) is 120 cm³/mol. The van der Waals surface area contributed by atoms with Gasteiger partial charge in [0.05, 0.1) is 13.2 Å². The number of benzene rings is 3. The molecule has 3 aromatic carbocycles. The van der Waals surface area contributed by atoms with Crippen LogP contribution in [0.3, 0.4) is 0 Å². The third-order valence-corrected chi connectivity index (χ3v) is 5.13. The second-order valence-electron chi connectivity index (χ2n) is 7.57. The number of hydrogen-bond acceptors (Lipinski definition) is 4. The minimum atomic E-state index is -0.118. The van der Waals surface area contributed by atoms with E-state index in [-0.39, 0.29) is 12.0 Å². The summed E-state index contributed by atoms with van der Waals surface area (Å²) in [5.41, 5.74) is 1.69. The zero-order valence-electron chi connectivity index (χ0n) is 17.7. The molecule has 0 radical (unpaired) electrons. The molecule has 4 rings (SSSR count). The third kappa shape index (κ3) is 5.57. The van der Waals surface area contributed by atoms with Gasteiger partial charge in [0.1, 0.15) is 29.1 Å². The molecule has 1 atom stereocenters. The number of rotatable bonds is 9. The Labute approximate surface area is 183 Å². The van der Waals surface area contributed by atoms with Crippen molar-refractivity contribution in [3.05, 3.63) is 83.9 Å². The Bertz CT molecular complexity index is 1000. The van der Waals surface area contributed by atoms with E-state index in [2.05, 4.69) is 12.2 Å². The molecule has 0 unspecified atom stereocenters. The average molecular weight is 418 g/mol. The SMILES string of the molecule is CCCCOc1ccc(C(=O)NC[C@H]2Cc3cc(Oc4ccccc4)ccc3O2)cc1. The summed E-state index contributed by atoms with van der Waals surface area (Å²) in [7, 11) is 0. The molecule has 1 N–H and O–H groups in total. The number of hydrogen-bond donors (Lipinski definition) is 1. The summed E-state index contributed by atoms with van der Waals surface area (Å²) in [4.78, 5) is 12.5. The second-order valence-corrected chi connectivity index (χ2v) is 7.57. The lowest BCUT2D eigenvalue weighted by Crippen LogP contribution is -2.34. The molecule has 3 aromatic rings. The zero-order valence-corrected chi connectivity index (χ0v) is 17.7. The number of nitrogens with one attached hydrogen (secondary N) is 1. The van der Waals surface area contributed by atoms with Crippen LogP contribution >= 0.6 is 0 Å². The Kier molecular flexibility index (Phi) is 6.72. The first kappa shape index (κ1) is 20.8. The van der Waals surface area contributed by atoms with E-state index >= 15 is 0 Å². The van der Waals surface area contributed by atoms with E-state index in [1.165, 1.54) is 0 Å². The number of ether oxygens (including phenoxy) is 3. The van der Waals surface area contributed by atoms with Crippen LogP contribution in [0.1, 0.15) is 35.7 Å². The van der Waals surface area contributed by atoms with Crippen molar-refractivity contribution in [3.63, 3.8) is 0 Å². The smallest absolute Gasteiger partial charge is 0.251 e. The van der Waals surface area contributed by atoms with Crippen molar-refractivity contribution < 1.29 is 19.0 Å². The predicted octanol–water partition coefficient (Wildman–Crippen LogP) is 5.39. The fourth-order valence-electron chi connectivity index (χ4n) is 3.44. The fraction of sp³-hybridized carbons (Fsp3) is 0.269. The molecular weight excluding hydrogens is 390 g/mol. The van der Waals surface area contributed by atoms with E-state index in [4.69, 9.17) is 14.2 Å². The van der Waals surface area contributed by atoms with Crippen molar-refractivity contribution in [2.75, 3.05) is 13.2 Å². The largest absolute Gasteiger partial charge is 0.494 e. The molecule has 31 heavy (non-hydrogen) atoms. The fourth-order valence-corrected chi connectivity index (χ4v) is 3.44. The summed E-state index contributed by atoms with van der Waals surface area (Å²) in [5.74, 6) is 3.08. The van der Waals surface area contributed by atoms with Gasteiger partial charge in [-0.1, -0.05) is 31.5 Å². The minimum absolute atomic E-state index is 0.0948. The molecule has 0 aromatic heterocycles. The maximum absolute atomic E-state index is 12.5. The highest BCUT2D eigenvalue weighted by molar-refractivity contribution is 5.94. The summed E-state index contributed by atoms with van der Waals surface area (Å²) in [6.07, 6.45) is 2.75. The van der Waals surface area contributed by atoms with E-state index in [0.29, 0.717) is 18.7 Å².